The van der Waals surface area contributed by atoms with Gasteiger partial charge in [-0.1, -0.05) is 17.8 Å². The molecule has 0 fully saturated rings. The number of rotatable bonds is 3. The number of hydrogen-bond donors (Lipinski definition) is 1. The van der Waals surface area contributed by atoms with Crippen LogP contribution in [0.1, 0.15) is 5.69 Å². The van der Waals surface area contributed by atoms with Gasteiger partial charge in [0.05, 0.1) is 9.90 Å². The zero-order chi connectivity index (χ0) is 9.80. The van der Waals surface area contributed by atoms with Crippen LogP contribution in [0.3, 0.4) is 0 Å². The summed E-state index contributed by atoms with van der Waals surface area (Å²) in [6.07, 6.45) is 1.80. The van der Waals surface area contributed by atoms with Crippen LogP contribution in [0.5, 0.6) is 0 Å². The predicted molar refractivity (Wildman–Crippen MR) is 60.6 cm³/mol. The van der Waals surface area contributed by atoms with Crippen LogP contribution in [0.25, 0.3) is 0 Å². The molecular formula is C10H10N2S2. The number of hydrogen-bond acceptors (Lipinski definition) is 4. The number of pyridine rings is 1. The van der Waals surface area contributed by atoms with E-state index in [4.69, 9.17) is 5.73 Å². The highest BCUT2D eigenvalue weighted by Crippen LogP contribution is 2.30. The molecular weight excluding hydrogens is 212 g/mol. The normalized spacial score (nSPS) is 10.4. The highest BCUT2D eigenvalue weighted by molar-refractivity contribution is 8.01. The molecule has 2 aromatic rings. The van der Waals surface area contributed by atoms with Crippen molar-refractivity contribution in [2.24, 2.45) is 5.73 Å². The predicted octanol–water partition coefficient (Wildman–Crippen LogP) is 2.75. The standard InChI is InChI=1S/C10H10N2S2/c11-7-8-6-9(3-4-12-8)14-10-2-1-5-13-10/h1-6H,7,11H2. The van der Waals surface area contributed by atoms with Crippen LogP contribution in [0.4, 0.5) is 0 Å². The fourth-order valence-corrected chi connectivity index (χ4v) is 2.87. The summed E-state index contributed by atoms with van der Waals surface area (Å²) in [5, 5.41) is 2.08. The molecule has 0 radical (unpaired) electrons. The van der Waals surface area contributed by atoms with E-state index in [1.807, 2.05) is 12.1 Å². The van der Waals surface area contributed by atoms with Crippen molar-refractivity contribution in [3.63, 3.8) is 0 Å². The smallest absolute Gasteiger partial charge is 0.0646 e. The van der Waals surface area contributed by atoms with E-state index >= 15 is 0 Å². The van der Waals surface area contributed by atoms with Gasteiger partial charge in [-0.3, -0.25) is 4.98 Å². The SMILES string of the molecule is NCc1cc(Sc2cccs2)ccn1. The van der Waals surface area contributed by atoms with Crippen molar-refractivity contribution in [2.45, 2.75) is 15.6 Å². The molecule has 2 rings (SSSR count). The lowest BCUT2D eigenvalue weighted by atomic mass is 10.3. The highest BCUT2D eigenvalue weighted by Gasteiger charge is 1.99. The second-order valence-electron chi connectivity index (χ2n) is 2.72. The van der Waals surface area contributed by atoms with Crippen molar-refractivity contribution in [3.05, 3.63) is 41.5 Å². The average Bonchev–Trinajstić information content (AvgIpc) is 2.71. The van der Waals surface area contributed by atoms with E-state index in [9.17, 15) is 0 Å². The largest absolute Gasteiger partial charge is 0.325 e. The first kappa shape index (κ1) is 9.71. The van der Waals surface area contributed by atoms with Gasteiger partial charge in [0.2, 0.25) is 0 Å². The molecule has 0 atom stereocenters. The third kappa shape index (κ3) is 2.35. The van der Waals surface area contributed by atoms with Gasteiger partial charge < -0.3 is 5.73 Å². The molecule has 2 aromatic heterocycles. The maximum Gasteiger partial charge on any atom is 0.0646 e. The van der Waals surface area contributed by atoms with E-state index in [-0.39, 0.29) is 0 Å². The first-order valence-electron chi connectivity index (χ1n) is 4.25. The fraction of sp³-hybridized carbons (Fsp3) is 0.100. The van der Waals surface area contributed by atoms with Gasteiger partial charge in [0.1, 0.15) is 0 Å². The molecule has 14 heavy (non-hydrogen) atoms. The van der Waals surface area contributed by atoms with Crippen molar-refractivity contribution in [1.82, 2.24) is 4.98 Å². The summed E-state index contributed by atoms with van der Waals surface area (Å²) in [6, 6.07) is 8.20. The summed E-state index contributed by atoms with van der Waals surface area (Å²) < 4.78 is 1.29. The zero-order valence-electron chi connectivity index (χ0n) is 7.51. The molecule has 0 unspecified atom stereocenters. The van der Waals surface area contributed by atoms with Gasteiger partial charge in [0.15, 0.2) is 0 Å². The van der Waals surface area contributed by atoms with E-state index in [0.717, 1.165) is 5.69 Å². The van der Waals surface area contributed by atoms with Gasteiger partial charge in [-0.25, -0.2) is 0 Å². The van der Waals surface area contributed by atoms with Crippen LogP contribution in [0.2, 0.25) is 0 Å². The van der Waals surface area contributed by atoms with E-state index in [0.29, 0.717) is 6.54 Å². The van der Waals surface area contributed by atoms with Gasteiger partial charge in [0.25, 0.3) is 0 Å². The molecule has 0 bridgehead atoms. The van der Waals surface area contributed by atoms with Gasteiger partial charge in [-0.15, -0.1) is 11.3 Å². The molecule has 4 heteroatoms. The number of thiophene rings is 1. The van der Waals surface area contributed by atoms with Crippen LogP contribution in [-0.4, -0.2) is 4.98 Å². The Kier molecular flexibility index (Phi) is 3.18. The first-order chi connectivity index (χ1) is 6.88. The fourth-order valence-electron chi connectivity index (χ4n) is 1.07. The Hall–Kier alpha value is -0.840. The Morgan fingerprint density at radius 3 is 3.07 bits per heavy atom. The molecule has 0 aliphatic carbocycles. The Morgan fingerprint density at radius 2 is 2.36 bits per heavy atom. The molecule has 0 aliphatic heterocycles. The Morgan fingerprint density at radius 1 is 1.43 bits per heavy atom. The second-order valence-corrected chi connectivity index (χ2v) is 5.04. The summed E-state index contributed by atoms with van der Waals surface area (Å²) in [7, 11) is 0. The second kappa shape index (κ2) is 4.59. The Labute approximate surface area is 91.2 Å². The number of aromatic nitrogens is 1. The van der Waals surface area contributed by atoms with Crippen LogP contribution in [-0.2, 0) is 6.54 Å². The third-order valence-electron chi connectivity index (χ3n) is 1.71. The lowest BCUT2D eigenvalue weighted by molar-refractivity contribution is 0.977. The first-order valence-corrected chi connectivity index (χ1v) is 5.94. The molecule has 2 heterocycles. The molecule has 0 saturated carbocycles. The van der Waals surface area contributed by atoms with Gasteiger partial charge in [-0.2, -0.15) is 0 Å². The van der Waals surface area contributed by atoms with E-state index in [2.05, 4.69) is 22.5 Å². The molecule has 0 aromatic carbocycles. The van der Waals surface area contributed by atoms with E-state index in [1.165, 1.54) is 9.10 Å². The minimum absolute atomic E-state index is 0.499. The maximum atomic E-state index is 5.52. The molecule has 0 saturated heterocycles. The molecule has 2 N–H and O–H groups in total. The van der Waals surface area contributed by atoms with Crippen molar-refractivity contribution in [3.8, 4) is 0 Å². The molecule has 0 spiro atoms. The van der Waals surface area contributed by atoms with Crippen LogP contribution in [0, 0.1) is 0 Å². The average molecular weight is 222 g/mol. The van der Waals surface area contributed by atoms with Gasteiger partial charge >= 0.3 is 0 Å². The Bertz CT molecular complexity index is 398. The van der Waals surface area contributed by atoms with E-state index in [1.54, 1.807) is 29.3 Å². The lowest BCUT2D eigenvalue weighted by Gasteiger charge is -2.00. The summed E-state index contributed by atoms with van der Waals surface area (Å²) >= 11 is 3.49. The topological polar surface area (TPSA) is 38.9 Å². The van der Waals surface area contributed by atoms with Gasteiger partial charge in [0, 0.05) is 17.6 Å². The molecule has 0 amide bonds. The van der Waals surface area contributed by atoms with Crippen LogP contribution < -0.4 is 5.73 Å². The van der Waals surface area contributed by atoms with Crippen LogP contribution in [0.15, 0.2) is 44.9 Å². The maximum absolute atomic E-state index is 5.52. The minimum Gasteiger partial charge on any atom is -0.325 e. The third-order valence-corrected chi connectivity index (χ3v) is 3.74. The highest BCUT2D eigenvalue weighted by atomic mass is 32.2. The summed E-state index contributed by atoms with van der Waals surface area (Å²) in [6.45, 7) is 0.499. The minimum atomic E-state index is 0.499. The Balaban J connectivity index is 2.17. The molecule has 72 valence electrons. The van der Waals surface area contributed by atoms with Crippen LogP contribution >= 0.6 is 23.1 Å². The summed E-state index contributed by atoms with van der Waals surface area (Å²) in [5.74, 6) is 0. The van der Waals surface area contributed by atoms with Gasteiger partial charge in [-0.05, 0) is 23.6 Å². The summed E-state index contributed by atoms with van der Waals surface area (Å²) in [4.78, 5) is 5.35. The summed E-state index contributed by atoms with van der Waals surface area (Å²) in [5.41, 5.74) is 6.46. The van der Waals surface area contributed by atoms with Crippen molar-refractivity contribution >= 4 is 23.1 Å². The van der Waals surface area contributed by atoms with E-state index < -0.39 is 0 Å². The lowest BCUT2D eigenvalue weighted by Crippen LogP contribution is -1.98. The quantitative estimate of drug-likeness (QED) is 0.868. The van der Waals surface area contributed by atoms with Crippen molar-refractivity contribution in [2.75, 3.05) is 0 Å². The van der Waals surface area contributed by atoms with Crippen molar-refractivity contribution < 1.29 is 0 Å². The van der Waals surface area contributed by atoms with Crippen molar-refractivity contribution in [1.29, 1.82) is 0 Å². The molecule has 2 nitrogen and oxygen atoms in total. The zero-order valence-corrected chi connectivity index (χ0v) is 9.15. The number of nitrogens with two attached hydrogens (primary N) is 1. The molecule has 0 aliphatic rings. The monoisotopic (exact) mass is 222 g/mol. The number of nitrogens with zero attached hydrogens (tertiary/aromatic N) is 1.